The van der Waals surface area contributed by atoms with Crippen molar-refractivity contribution in [3.05, 3.63) is 71.0 Å². The quantitative estimate of drug-likeness (QED) is 0.241. The van der Waals surface area contributed by atoms with Crippen molar-refractivity contribution in [2.24, 2.45) is 5.14 Å². The van der Waals surface area contributed by atoms with Crippen LogP contribution in [0.4, 0.5) is 14.5 Å². The van der Waals surface area contributed by atoms with E-state index in [1.54, 1.807) is 0 Å². The number of anilines is 1. The van der Waals surface area contributed by atoms with Crippen LogP contribution in [0.2, 0.25) is 5.02 Å². The van der Waals surface area contributed by atoms with Gasteiger partial charge in [0, 0.05) is 5.39 Å². The van der Waals surface area contributed by atoms with Crippen molar-refractivity contribution in [2.75, 3.05) is 11.1 Å². The van der Waals surface area contributed by atoms with Gasteiger partial charge in [0.05, 0.1) is 27.0 Å². The number of halogens is 3. The summed E-state index contributed by atoms with van der Waals surface area (Å²) < 4.78 is 52.4. The lowest BCUT2D eigenvalue weighted by Crippen LogP contribution is -2.16. The molecule has 1 aliphatic rings. The van der Waals surface area contributed by atoms with Crippen LogP contribution >= 0.6 is 23.4 Å². The molecular formula is C26H24ClF2N5O3S2. The first-order valence-electron chi connectivity index (χ1n) is 12.1. The molecule has 13 heteroatoms. The van der Waals surface area contributed by atoms with E-state index in [1.807, 2.05) is 36.4 Å². The molecule has 0 unspecified atom stereocenters. The highest BCUT2D eigenvalue weighted by atomic mass is 35.5. The molecule has 0 spiro atoms. The van der Waals surface area contributed by atoms with Crippen LogP contribution in [0.25, 0.3) is 16.5 Å². The number of amides is 1. The van der Waals surface area contributed by atoms with E-state index < -0.39 is 28.2 Å². The largest absolute Gasteiger partial charge is 0.324 e. The topological polar surface area (TPSA) is 120 Å². The van der Waals surface area contributed by atoms with E-state index in [2.05, 4.69) is 15.5 Å². The summed E-state index contributed by atoms with van der Waals surface area (Å²) in [5.74, 6) is -0.770. The summed E-state index contributed by atoms with van der Waals surface area (Å²) in [5.41, 5.74) is 1.90. The van der Waals surface area contributed by atoms with Crippen LogP contribution in [0, 0.1) is 0 Å². The number of aromatic nitrogens is 3. The summed E-state index contributed by atoms with van der Waals surface area (Å²) in [4.78, 5) is 12.5. The number of rotatable bonds is 8. The molecule has 5 rings (SSSR count). The van der Waals surface area contributed by atoms with E-state index in [0.29, 0.717) is 11.6 Å². The molecule has 0 atom stereocenters. The molecule has 0 saturated heterocycles. The highest BCUT2D eigenvalue weighted by molar-refractivity contribution is 7.99. The van der Waals surface area contributed by atoms with E-state index in [1.165, 1.54) is 35.1 Å². The van der Waals surface area contributed by atoms with Crippen LogP contribution < -0.4 is 10.5 Å². The summed E-state index contributed by atoms with van der Waals surface area (Å²) in [5, 5.41) is 17.3. The minimum atomic E-state index is -3.96. The second-order valence-corrected chi connectivity index (χ2v) is 12.1. The number of hydrogen-bond acceptors (Lipinski definition) is 6. The molecule has 0 radical (unpaired) electrons. The zero-order chi connectivity index (χ0) is 27.7. The van der Waals surface area contributed by atoms with Gasteiger partial charge in [-0.15, -0.1) is 10.2 Å². The molecule has 1 aromatic heterocycles. The molecular weight excluding hydrogens is 568 g/mol. The molecule has 8 nitrogen and oxygen atoms in total. The number of alkyl halides is 2. The van der Waals surface area contributed by atoms with Crippen molar-refractivity contribution >= 4 is 55.8 Å². The number of nitrogens with two attached hydrogens (primary N) is 1. The van der Waals surface area contributed by atoms with Crippen LogP contribution in [0.3, 0.4) is 0 Å². The minimum Gasteiger partial charge on any atom is -0.324 e. The Morgan fingerprint density at radius 1 is 1.10 bits per heavy atom. The number of nitrogens with one attached hydrogen (secondary N) is 1. The summed E-state index contributed by atoms with van der Waals surface area (Å²) in [6, 6.07) is 15.2. The van der Waals surface area contributed by atoms with E-state index in [0.717, 1.165) is 41.4 Å². The molecule has 1 aliphatic carbocycles. The Morgan fingerprint density at radius 3 is 2.49 bits per heavy atom. The third-order valence-corrected chi connectivity index (χ3v) is 8.85. The fourth-order valence-electron chi connectivity index (χ4n) is 4.93. The van der Waals surface area contributed by atoms with Gasteiger partial charge in [-0.3, -0.25) is 9.36 Å². The number of carbonyl (C=O) groups is 1. The van der Waals surface area contributed by atoms with Crippen molar-refractivity contribution in [3.63, 3.8) is 0 Å². The molecule has 1 fully saturated rings. The Morgan fingerprint density at radius 2 is 1.82 bits per heavy atom. The van der Waals surface area contributed by atoms with Gasteiger partial charge in [0.15, 0.2) is 5.16 Å². The third kappa shape index (κ3) is 5.79. The van der Waals surface area contributed by atoms with Gasteiger partial charge in [-0.1, -0.05) is 66.5 Å². The first kappa shape index (κ1) is 27.5. The number of hydrogen-bond donors (Lipinski definition) is 2. The molecule has 0 bridgehead atoms. The summed E-state index contributed by atoms with van der Waals surface area (Å²) >= 11 is 7.05. The predicted octanol–water partition coefficient (Wildman–Crippen LogP) is 6.05. The molecule has 3 N–H and O–H groups in total. The van der Waals surface area contributed by atoms with Crippen molar-refractivity contribution in [1.82, 2.24) is 14.8 Å². The van der Waals surface area contributed by atoms with Crippen LogP contribution in [-0.2, 0) is 14.8 Å². The van der Waals surface area contributed by atoms with E-state index in [4.69, 9.17) is 16.7 Å². The SMILES string of the molecule is NS(=O)(=O)c1ccc(NC(=O)CSc2nnc(C(F)F)n2-c2ccc(C3CCCC3)c3ccccc23)c(Cl)c1. The fraction of sp³-hybridized carbons (Fsp3) is 0.269. The second-order valence-electron chi connectivity index (χ2n) is 9.20. The van der Waals surface area contributed by atoms with Crippen LogP contribution in [0.15, 0.2) is 64.6 Å². The van der Waals surface area contributed by atoms with Gasteiger partial charge in [0.25, 0.3) is 6.43 Å². The van der Waals surface area contributed by atoms with Gasteiger partial charge in [0.2, 0.25) is 21.8 Å². The molecule has 204 valence electrons. The summed E-state index contributed by atoms with van der Waals surface area (Å²) in [7, 11) is -3.96. The Labute approximate surface area is 233 Å². The van der Waals surface area contributed by atoms with Gasteiger partial charge in [-0.25, -0.2) is 22.3 Å². The molecule has 1 saturated carbocycles. The highest BCUT2D eigenvalue weighted by Crippen LogP contribution is 2.40. The zero-order valence-electron chi connectivity index (χ0n) is 20.5. The van der Waals surface area contributed by atoms with E-state index >= 15 is 0 Å². The van der Waals surface area contributed by atoms with E-state index in [-0.39, 0.29) is 26.5 Å². The monoisotopic (exact) mass is 591 g/mol. The lowest BCUT2D eigenvalue weighted by Gasteiger charge is -2.18. The average molecular weight is 592 g/mol. The third-order valence-electron chi connectivity index (χ3n) is 6.70. The normalized spacial score (nSPS) is 14.4. The molecule has 0 aliphatic heterocycles. The Balaban J connectivity index is 1.43. The van der Waals surface area contributed by atoms with Crippen molar-refractivity contribution < 1.29 is 22.0 Å². The van der Waals surface area contributed by atoms with Crippen molar-refractivity contribution in [1.29, 1.82) is 0 Å². The highest BCUT2D eigenvalue weighted by Gasteiger charge is 2.26. The van der Waals surface area contributed by atoms with Gasteiger partial charge in [0.1, 0.15) is 0 Å². The van der Waals surface area contributed by atoms with Gasteiger partial charge >= 0.3 is 0 Å². The smallest absolute Gasteiger partial charge is 0.297 e. The minimum absolute atomic E-state index is 0.0168. The van der Waals surface area contributed by atoms with E-state index in [9.17, 15) is 22.0 Å². The number of fused-ring (bicyclic) bond motifs is 1. The number of carbonyl (C=O) groups excluding carboxylic acids is 1. The fourth-order valence-corrected chi connectivity index (χ4v) is 6.51. The number of sulfonamides is 1. The van der Waals surface area contributed by atoms with Crippen LogP contribution in [0.1, 0.15) is 49.4 Å². The standard InChI is InChI=1S/C26H24ClF2N5O3S2/c27-20-13-16(39(30,36)37)9-11-21(20)31-23(35)14-38-26-33-32-25(24(28)29)34(26)22-12-10-17(15-5-1-2-6-15)18-7-3-4-8-19(18)22/h3-4,7-13,15,24H,1-2,5-6,14H2,(H,31,35)(H2,30,36,37). The maximum Gasteiger partial charge on any atom is 0.297 e. The Kier molecular flexibility index (Phi) is 7.90. The molecule has 1 heterocycles. The zero-order valence-corrected chi connectivity index (χ0v) is 22.9. The maximum absolute atomic E-state index is 14.0. The number of thioether (sulfide) groups is 1. The molecule has 4 aromatic rings. The van der Waals surface area contributed by atoms with Crippen molar-refractivity contribution in [3.8, 4) is 5.69 Å². The second kappa shape index (κ2) is 11.2. The first-order valence-corrected chi connectivity index (χ1v) is 15.0. The van der Waals surface area contributed by atoms with Gasteiger partial charge in [-0.2, -0.15) is 0 Å². The predicted molar refractivity (Wildman–Crippen MR) is 147 cm³/mol. The lowest BCUT2D eigenvalue weighted by atomic mass is 9.91. The number of nitrogens with zero attached hydrogens (tertiary/aromatic N) is 3. The van der Waals surface area contributed by atoms with Gasteiger partial charge in [-0.05, 0) is 54.0 Å². The lowest BCUT2D eigenvalue weighted by molar-refractivity contribution is -0.113. The molecule has 39 heavy (non-hydrogen) atoms. The Bertz CT molecular complexity index is 1660. The van der Waals surface area contributed by atoms with Crippen molar-refractivity contribution in [2.45, 2.75) is 48.1 Å². The summed E-state index contributed by atoms with van der Waals surface area (Å²) in [6.45, 7) is 0. The number of primary sulfonamides is 1. The van der Waals surface area contributed by atoms with Crippen LogP contribution in [0.5, 0.6) is 0 Å². The van der Waals surface area contributed by atoms with Crippen LogP contribution in [-0.4, -0.2) is 34.8 Å². The van der Waals surface area contributed by atoms with Gasteiger partial charge < -0.3 is 5.32 Å². The first-order chi connectivity index (χ1) is 18.6. The number of benzene rings is 3. The maximum atomic E-state index is 14.0. The average Bonchev–Trinajstić information content (AvgIpc) is 3.58. The summed E-state index contributed by atoms with van der Waals surface area (Å²) in [6.07, 6.45) is 1.66. The molecule has 3 aromatic carbocycles. The Hall–Kier alpha value is -3.06. The molecule has 1 amide bonds.